The molecule has 1 aromatic carbocycles. The number of pyridine rings is 2. The minimum atomic E-state index is -0.153. The Hall–Kier alpha value is -4.01. The number of nitrogens with one attached hydrogen (secondary N) is 2. The van der Waals surface area contributed by atoms with Crippen molar-refractivity contribution in [2.24, 2.45) is 0 Å². The number of carbonyl (C=O) groups excluding carboxylic acids is 1. The van der Waals surface area contributed by atoms with Crippen LogP contribution in [0.15, 0.2) is 48.9 Å². The van der Waals surface area contributed by atoms with Crippen molar-refractivity contribution in [3.05, 3.63) is 60.3 Å². The molecule has 0 spiro atoms. The van der Waals surface area contributed by atoms with E-state index in [9.17, 15) is 4.79 Å². The van der Waals surface area contributed by atoms with E-state index in [1.165, 1.54) is 6.33 Å². The average molecular weight is 432 g/mol. The van der Waals surface area contributed by atoms with E-state index >= 15 is 0 Å². The molecule has 1 amide bonds. The first kappa shape index (κ1) is 21.2. The molecule has 0 aliphatic rings. The minimum Gasteiger partial charge on any atom is -0.493 e. The molecule has 0 atom stereocenters. The van der Waals surface area contributed by atoms with Gasteiger partial charge < -0.3 is 14.8 Å². The second-order valence-electron chi connectivity index (χ2n) is 7.05. The number of aromatic amines is 1. The molecule has 3 heterocycles. The number of hydrogen-bond donors (Lipinski definition) is 2. The third-order valence-corrected chi connectivity index (χ3v) is 4.91. The standard InChI is InChI=1S/C23H24N6O3/c1-3-32-20-13-18(15-8-10-24-22(12-15)31-2)28-19-11-16(6-7-17(19)20)23(30)25-9-4-5-21-26-14-27-29-21/h6-8,10-14H,3-5,9H2,1-2H3,(H,25,30)(H,26,27,29). The monoisotopic (exact) mass is 432 g/mol. The molecular formula is C23H24N6O3. The van der Waals surface area contributed by atoms with E-state index in [0.717, 1.165) is 29.6 Å². The molecule has 0 aliphatic heterocycles. The van der Waals surface area contributed by atoms with Gasteiger partial charge in [-0.15, -0.1) is 0 Å². The lowest BCUT2D eigenvalue weighted by Crippen LogP contribution is -2.24. The molecule has 9 heteroatoms. The van der Waals surface area contributed by atoms with Gasteiger partial charge in [-0.25, -0.2) is 15.0 Å². The zero-order chi connectivity index (χ0) is 22.3. The molecule has 2 N–H and O–H groups in total. The predicted octanol–water partition coefficient (Wildman–Crippen LogP) is 3.18. The van der Waals surface area contributed by atoms with E-state index in [1.54, 1.807) is 25.4 Å². The van der Waals surface area contributed by atoms with Gasteiger partial charge in [-0.2, -0.15) is 5.10 Å². The summed E-state index contributed by atoms with van der Waals surface area (Å²) in [7, 11) is 1.57. The Balaban J connectivity index is 1.57. The van der Waals surface area contributed by atoms with E-state index in [1.807, 2.05) is 31.2 Å². The molecule has 0 aliphatic carbocycles. The highest BCUT2D eigenvalue weighted by atomic mass is 16.5. The fourth-order valence-electron chi connectivity index (χ4n) is 3.35. The van der Waals surface area contributed by atoms with Crippen molar-refractivity contribution < 1.29 is 14.3 Å². The summed E-state index contributed by atoms with van der Waals surface area (Å²) in [4.78, 5) is 25.7. The van der Waals surface area contributed by atoms with Gasteiger partial charge in [0.25, 0.3) is 5.91 Å². The van der Waals surface area contributed by atoms with Crippen LogP contribution >= 0.6 is 0 Å². The van der Waals surface area contributed by atoms with Crippen molar-refractivity contribution in [3.63, 3.8) is 0 Å². The Bertz CT molecular complexity index is 1210. The van der Waals surface area contributed by atoms with E-state index in [4.69, 9.17) is 14.5 Å². The number of amides is 1. The van der Waals surface area contributed by atoms with Crippen LogP contribution in [0.3, 0.4) is 0 Å². The van der Waals surface area contributed by atoms with Crippen LogP contribution in [0.5, 0.6) is 11.6 Å². The molecule has 0 saturated carbocycles. The van der Waals surface area contributed by atoms with Crippen LogP contribution in [-0.2, 0) is 6.42 Å². The van der Waals surface area contributed by atoms with Crippen LogP contribution < -0.4 is 14.8 Å². The topological polar surface area (TPSA) is 115 Å². The number of ether oxygens (including phenoxy) is 2. The third-order valence-electron chi connectivity index (χ3n) is 4.91. The van der Waals surface area contributed by atoms with Gasteiger partial charge in [-0.1, -0.05) is 0 Å². The fourth-order valence-corrected chi connectivity index (χ4v) is 3.35. The van der Waals surface area contributed by atoms with Crippen molar-refractivity contribution in [1.29, 1.82) is 0 Å². The van der Waals surface area contributed by atoms with E-state index in [0.29, 0.717) is 41.6 Å². The summed E-state index contributed by atoms with van der Waals surface area (Å²) >= 11 is 0. The lowest BCUT2D eigenvalue weighted by Gasteiger charge is -2.12. The van der Waals surface area contributed by atoms with Crippen molar-refractivity contribution in [2.75, 3.05) is 20.3 Å². The Kier molecular flexibility index (Phi) is 6.54. The molecule has 164 valence electrons. The van der Waals surface area contributed by atoms with Crippen molar-refractivity contribution in [1.82, 2.24) is 30.5 Å². The number of aryl methyl sites for hydroxylation is 1. The maximum absolute atomic E-state index is 12.7. The highest BCUT2D eigenvalue weighted by Crippen LogP contribution is 2.31. The van der Waals surface area contributed by atoms with Crippen LogP contribution in [0.2, 0.25) is 0 Å². The normalized spacial score (nSPS) is 10.8. The number of benzene rings is 1. The molecule has 4 aromatic rings. The first-order valence-electron chi connectivity index (χ1n) is 10.4. The first-order chi connectivity index (χ1) is 15.7. The van der Waals surface area contributed by atoms with Crippen LogP contribution in [0.1, 0.15) is 29.5 Å². The van der Waals surface area contributed by atoms with Crippen LogP contribution in [0.4, 0.5) is 0 Å². The molecule has 3 aromatic heterocycles. The van der Waals surface area contributed by atoms with Crippen molar-refractivity contribution >= 4 is 16.8 Å². The Morgan fingerprint density at radius 2 is 2.06 bits per heavy atom. The van der Waals surface area contributed by atoms with E-state index in [2.05, 4.69) is 25.5 Å². The number of carbonyl (C=O) groups is 1. The minimum absolute atomic E-state index is 0.153. The van der Waals surface area contributed by atoms with Gasteiger partial charge in [0.1, 0.15) is 17.9 Å². The number of methoxy groups -OCH3 is 1. The molecule has 0 saturated heterocycles. The number of fused-ring (bicyclic) bond motifs is 1. The highest BCUT2D eigenvalue weighted by molar-refractivity contribution is 5.99. The lowest BCUT2D eigenvalue weighted by molar-refractivity contribution is 0.0953. The summed E-state index contributed by atoms with van der Waals surface area (Å²) in [5.41, 5.74) is 2.78. The fraction of sp³-hybridized carbons (Fsp3) is 0.261. The van der Waals surface area contributed by atoms with Gasteiger partial charge >= 0.3 is 0 Å². The molecule has 0 radical (unpaired) electrons. The number of aromatic nitrogens is 5. The summed E-state index contributed by atoms with van der Waals surface area (Å²) < 4.78 is 11.1. The van der Waals surface area contributed by atoms with Gasteiger partial charge in [0.15, 0.2) is 0 Å². The van der Waals surface area contributed by atoms with Gasteiger partial charge in [0.2, 0.25) is 5.88 Å². The zero-order valence-corrected chi connectivity index (χ0v) is 18.0. The van der Waals surface area contributed by atoms with Gasteiger partial charge in [-0.3, -0.25) is 9.89 Å². The molecule has 0 bridgehead atoms. The second kappa shape index (κ2) is 9.86. The summed E-state index contributed by atoms with van der Waals surface area (Å²) in [5.74, 6) is 1.86. The molecular weight excluding hydrogens is 408 g/mol. The highest BCUT2D eigenvalue weighted by Gasteiger charge is 2.13. The van der Waals surface area contributed by atoms with Gasteiger partial charge in [0.05, 0.1) is 24.9 Å². The lowest BCUT2D eigenvalue weighted by atomic mass is 10.1. The predicted molar refractivity (Wildman–Crippen MR) is 120 cm³/mol. The molecule has 32 heavy (non-hydrogen) atoms. The average Bonchev–Trinajstić information content (AvgIpc) is 3.35. The SMILES string of the molecule is CCOc1cc(-c2ccnc(OC)c2)nc2cc(C(=O)NCCCc3ncn[nH]3)ccc12. The number of rotatable bonds is 9. The number of nitrogens with zero attached hydrogens (tertiary/aromatic N) is 4. The molecule has 0 fully saturated rings. The Morgan fingerprint density at radius 3 is 2.84 bits per heavy atom. The second-order valence-corrected chi connectivity index (χ2v) is 7.05. The maximum atomic E-state index is 12.7. The summed E-state index contributed by atoms with van der Waals surface area (Å²) in [6.45, 7) is 2.99. The number of hydrogen-bond acceptors (Lipinski definition) is 7. The largest absolute Gasteiger partial charge is 0.493 e. The summed E-state index contributed by atoms with van der Waals surface area (Å²) in [6.07, 6.45) is 4.62. The van der Waals surface area contributed by atoms with E-state index in [-0.39, 0.29) is 5.91 Å². The van der Waals surface area contributed by atoms with E-state index < -0.39 is 0 Å². The molecule has 9 nitrogen and oxygen atoms in total. The first-order valence-corrected chi connectivity index (χ1v) is 10.4. The Labute approximate surface area is 185 Å². The quantitative estimate of drug-likeness (QED) is 0.390. The molecule has 4 rings (SSSR count). The summed E-state index contributed by atoms with van der Waals surface area (Å²) in [5, 5.41) is 10.4. The third kappa shape index (κ3) is 4.83. The zero-order valence-electron chi connectivity index (χ0n) is 18.0. The van der Waals surface area contributed by atoms with Crippen LogP contribution in [0.25, 0.3) is 22.2 Å². The smallest absolute Gasteiger partial charge is 0.251 e. The van der Waals surface area contributed by atoms with Gasteiger partial charge in [0, 0.05) is 47.8 Å². The maximum Gasteiger partial charge on any atom is 0.251 e. The molecule has 0 unspecified atom stereocenters. The van der Waals surface area contributed by atoms with Crippen molar-refractivity contribution in [2.45, 2.75) is 19.8 Å². The van der Waals surface area contributed by atoms with Crippen LogP contribution in [-0.4, -0.2) is 51.3 Å². The Morgan fingerprint density at radius 1 is 1.16 bits per heavy atom. The van der Waals surface area contributed by atoms with Crippen molar-refractivity contribution in [3.8, 4) is 22.9 Å². The van der Waals surface area contributed by atoms with Crippen LogP contribution in [0, 0.1) is 0 Å². The summed E-state index contributed by atoms with van der Waals surface area (Å²) in [6, 6.07) is 11.0. The van der Waals surface area contributed by atoms with Gasteiger partial charge in [-0.05, 0) is 37.6 Å². The number of H-pyrrole nitrogens is 1.